The molecule has 1 aliphatic heterocycles. The number of nitrogens with zero attached hydrogens (tertiary/aromatic N) is 1. The monoisotopic (exact) mass is 460 g/mol. The number of hydrogen-bond donors (Lipinski definition) is 1. The van der Waals surface area contributed by atoms with E-state index in [0.717, 1.165) is 10.5 Å². The van der Waals surface area contributed by atoms with Crippen molar-refractivity contribution >= 4 is 23.9 Å². The molecule has 0 atom stereocenters. The number of amides is 4. The number of hydrogen-bond acceptors (Lipinski definition) is 5. The maximum atomic E-state index is 13.9. The molecule has 1 saturated heterocycles. The third kappa shape index (κ3) is 4.96. The van der Waals surface area contributed by atoms with E-state index in [-0.39, 0.29) is 24.5 Å². The summed E-state index contributed by atoms with van der Waals surface area (Å²) in [6.07, 6.45) is 1.38. The first kappa shape index (κ1) is 22.7. The van der Waals surface area contributed by atoms with Gasteiger partial charge in [0.15, 0.2) is 11.5 Å². The van der Waals surface area contributed by atoms with E-state index in [1.807, 2.05) is 6.07 Å². The van der Waals surface area contributed by atoms with Gasteiger partial charge in [0, 0.05) is 5.56 Å². The Morgan fingerprint density at radius 2 is 1.68 bits per heavy atom. The minimum Gasteiger partial charge on any atom is -0.493 e. The number of carbonyl (C=O) groups is 3. The average molecular weight is 460 g/mol. The molecule has 0 unspecified atom stereocenters. The average Bonchev–Trinajstić information content (AvgIpc) is 2.85. The minimum absolute atomic E-state index is 0.000911. The molecule has 8 heteroatoms. The molecule has 0 aliphatic carbocycles. The van der Waals surface area contributed by atoms with Gasteiger partial charge in [-0.05, 0) is 35.4 Å². The predicted octanol–water partition coefficient (Wildman–Crippen LogP) is 4.08. The summed E-state index contributed by atoms with van der Waals surface area (Å²) >= 11 is 0. The summed E-state index contributed by atoms with van der Waals surface area (Å²) in [5, 5.41) is 2.20. The van der Waals surface area contributed by atoms with E-state index in [2.05, 4.69) is 5.32 Å². The van der Waals surface area contributed by atoms with Gasteiger partial charge in [0.05, 0.1) is 13.7 Å². The van der Waals surface area contributed by atoms with Crippen molar-refractivity contribution in [2.75, 3.05) is 7.11 Å². The fourth-order valence-electron chi connectivity index (χ4n) is 3.43. The van der Waals surface area contributed by atoms with E-state index < -0.39 is 17.8 Å². The van der Waals surface area contributed by atoms with Crippen LogP contribution < -0.4 is 14.8 Å². The van der Waals surface area contributed by atoms with Gasteiger partial charge in [-0.3, -0.25) is 19.8 Å². The van der Waals surface area contributed by atoms with Crippen LogP contribution in [0.3, 0.4) is 0 Å². The molecular weight excluding hydrogens is 439 g/mol. The molecule has 4 amide bonds. The fourth-order valence-corrected chi connectivity index (χ4v) is 3.43. The third-order valence-corrected chi connectivity index (χ3v) is 5.21. The van der Waals surface area contributed by atoms with Crippen molar-refractivity contribution in [3.8, 4) is 11.5 Å². The molecule has 1 heterocycles. The Morgan fingerprint density at radius 3 is 2.41 bits per heavy atom. The standard InChI is InChI=1S/C26H21FN2O5/c1-33-23-14-18(11-12-22(23)34-16-19-9-5-6-10-21(19)27)13-20-24(30)28-26(32)29(25(20)31)15-17-7-3-2-4-8-17/h2-14H,15-16H2,1H3,(H,28,30,32). The van der Waals surface area contributed by atoms with Gasteiger partial charge in [-0.2, -0.15) is 0 Å². The molecule has 0 radical (unpaired) electrons. The van der Waals surface area contributed by atoms with E-state index in [4.69, 9.17) is 9.47 Å². The van der Waals surface area contributed by atoms with E-state index in [0.29, 0.717) is 22.6 Å². The third-order valence-electron chi connectivity index (χ3n) is 5.21. The lowest BCUT2D eigenvalue weighted by Crippen LogP contribution is -2.53. The lowest BCUT2D eigenvalue weighted by atomic mass is 10.1. The van der Waals surface area contributed by atoms with Crippen molar-refractivity contribution in [3.63, 3.8) is 0 Å². The van der Waals surface area contributed by atoms with Gasteiger partial charge >= 0.3 is 6.03 Å². The van der Waals surface area contributed by atoms with Crippen molar-refractivity contribution in [3.05, 3.63) is 101 Å². The SMILES string of the molecule is COc1cc(C=C2C(=O)NC(=O)N(Cc3ccccc3)C2=O)ccc1OCc1ccccc1F. The van der Waals surface area contributed by atoms with Gasteiger partial charge < -0.3 is 9.47 Å². The number of imide groups is 2. The van der Waals surface area contributed by atoms with Gasteiger partial charge in [-0.25, -0.2) is 9.18 Å². The van der Waals surface area contributed by atoms with Gasteiger partial charge in [0.1, 0.15) is 18.0 Å². The van der Waals surface area contributed by atoms with Crippen LogP contribution in [0.1, 0.15) is 16.7 Å². The van der Waals surface area contributed by atoms with Crippen molar-refractivity contribution in [2.45, 2.75) is 13.2 Å². The highest BCUT2D eigenvalue weighted by Crippen LogP contribution is 2.30. The Hall–Kier alpha value is -4.46. The summed E-state index contributed by atoms with van der Waals surface area (Å²) in [5.41, 5.74) is 1.45. The molecule has 1 N–H and O–H groups in total. The largest absolute Gasteiger partial charge is 0.493 e. The first-order valence-electron chi connectivity index (χ1n) is 10.4. The first-order chi connectivity index (χ1) is 16.5. The van der Waals surface area contributed by atoms with Crippen LogP contribution in [0.2, 0.25) is 0 Å². The quantitative estimate of drug-likeness (QED) is 0.424. The van der Waals surface area contributed by atoms with Crippen LogP contribution in [0.4, 0.5) is 9.18 Å². The second kappa shape index (κ2) is 9.99. The molecule has 3 aromatic rings. The zero-order chi connectivity index (χ0) is 24.1. The van der Waals surface area contributed by atoms with Gasteiger partial charge in [0.2, 0.25) is 0 Å². The van der Waals surface area contributed by atoms with Crippen LogP contribution in [0, 0.1) is 5.82 Å². The van der Waals surface area contributed by atoms with Crippen LogP contribution in [0.5, 0.6) is 11.5 Å². The maximum Gasteiger partial charge on any atom is 0.331 e. The van der Waals surface area contributed by atoms with Crippen molar-refractivity contribution in [1.82, 2.24) is 10.2 Å². The molecule has 0 saturated carbocycles. The number of methoxy groups -OCH3 is 1. The zero-order valence-electron chi connectivity index (χ0n) is 18.3. The highest BCUT2D eigenvalue weighted by Gasteiger charge is 2.35. The summed E-state index contributed by atoms with van der Waals surface area (Å²) < 4.78 is 24.9. The lowest BCUT2D eigenvalue weighted by Gasteiger charge is -2.26. The smallest absolute Gasteiger partial charge is 0.331 e. The van der Waals surface area contributed by atoms with Crippen LogP contribution in [-0.4, -0.2) is 29.9 Å². The Labute approximate surface area is 195 Å². The van der Waals surface area contributed by atoms with E-state index in [9.17, 15) is 18.8 Å². The van der Waals surface area contributed by atoms with Gasteiger partial charge in [0.25, 0.3) is 11.8 Å². The lowest BCUT2D eigenvalue weighted by molar-refractivity contribution is -0.130. The van der Waals surface area contributed by atoms with E-state index in [1.165, 1.54) is 19.3 Å². The van der Waals surface area contributed by atoms with Crippen molar-refractivity contribution < 1.29 is 28.2 Å². The molecule has 1 aliphatic rings. The topological polar surface area (TPSA) is 84.9 Å². The van der Waals surface area contributed by atoms with E-state index in [1.54, 1.807) is 60.7 Å². The molecule has 0 bridgehead atoms. The number of nitrogens with one attached hydrogen (secondary N) is 1. The highest BCUT2D eigenvalue weighted by atomic mass is 19.1. The second-order valence-electron chi connectivity index (χ2n) is 7.48. The highest BCUT2D eigenvalue weighted by molar-refractivity contribution is 6.30. The van der Waals surface area contributed by atoms with Crippen LogP contribution >= 0.6 is 0 Å². The Kier molecular flexibility index (Phi) is 6.68. The first-order valence-corrected chi connectivity index (χ1v) is 10.4. The predicted molar refractivity (Wildman–Crippen MR) is 122 cm³/mol. The van der Waals surface area contributed by atoms with E-state index >= 15 is 0 Å². The van der Waals surface area contributed by atoms with Crippen LogP contribution in [0.15, 0.2) is 78.4 Å². The zero-order valence-corrected chi connectivity index (χ0v) is 18.3. The summed E-state index contributed by atoms with van der Waals surface area (Å²) in [6.45, 7) is 0.0309. The minimum atomic E-state index is -0.779. The molecular formula is C26H21FN2O5. The number of barbiturate groups is 1. The molecule has 7 nitrogen and oxygen atoms in total. The van der Waals surface area contributed by atoms with Gasteiger partial charge in [-0.15, -0.1) is 0 Å². The van der Waals surface area contributed by atoms with Crippen molar-refractivity contribution in [2.24, 2.45) is 0 Å². The molecule has 1 fully saturated rings. The Balaban J connectivity index is 1.55. The molecule has 4 rings (SSSR count). The number of benzene rings is 3. The summed E-state index contributed by atoms with van der Waals surface area (Å²) in [4.78, 5) is 38.6. The number of rotatable bonds is 7. The maximum absolute atomic E-state index is 13.9. The van der Waals surface area contributed by atoms with Crippen LogP contribution in [0.25, 0.3) is 6.08 Å². The summed E-state index contributed by atoms with van der Waals surface area (Å²) in [7, 11) is 1.45. The molecule has 34 heavy (non-hydrogen) atoms. The molecule has 172 valence electrons. The van der Waals surface area contributed by atoms with Crippen molar-refractivity contribution in [1.29, 1.82) is 0 Å². The summed E-state index contributed by atoms with van der Waals surface area (Å²) in [5.74, 6) is -1.14. The molecule has 3 aromatic carbocycles. The normalized spacial score (nSPS) is 14.8. The number of carbonyl (C=O) groups excluding carboxylic acids is 3. The Morgan fingerprint density at radius 1 is 0.941 bits per heavy atom. The van der Waals surface area contributed by atoms with Gasteiger partial charge in [-0.1, -0.05) is 54.6 Å². The van der Waals surface area contributed by atoms with Crippen LogP contribution in [-0.2, 0) is 22.7 Å². The molecule has 0 spiro atoms. The number of urea groups is 1. The summed E-state index contributed by atoms with van der Waals surface area (Å²) in [6, 6.07) is 19.3. The second-order valence-corrected chi connectivity index (χ2v) is 7.48. The molecule has 0 aromatic heterocycles. The number of halogens is 1. The Bertz CT molecular complexity index is 1270. The number of ether oxygens (including phenoxy) is 2. The fraction of sp³-hybridized carbons (Fsp3) is 0.115.